The summed E-state index contributed by atoms with van der Waals surface area (Å²) in [4.78, 5) is 14.4. The van der Waals surface area contributed by atoms with E-state index in [1.807, 2.05) is 13.8 Å². The Labute approximate surface area is 148 Å². The van der Waals surface area contributed by atoms with Crippen molar-refractivity contribution in [1.82, 2.24) is 0 Å². The van der Waals surface area contributed by atoms with Crippen molar-refractivity contribution in [3.63, 3.8) is 0 Å². The van der Waals surface area contributed by atoms with E-state index < -0.39 is 34.4 Å². The first kappa shape index (κ1) is 17.1. The molecule has 1 aromatic rings. The van der Waals surface area contributed by atoms with Crippen molar-refractivity contribution in [2.45, 2.75) is 44.1 Å². The Kier molecular flexibility index (Phi) is 3.21. The number of nitrogens with zero attached hydrogens (tertiary/aromatic N) is 2. The van der Waals surface area contributed by atoms with E-state index >= 15 is 0 Å². The van der Waals surface area contributed by atoms with Gasteiger partial charge in [-0.1, -0.05) is 6.58 Å². The SMILES string of the molecule is C=C1C2C(C(=O)N1c1ccc(C#N)c(C(F)(F)F)c1)C1(C)CCC2(C)O1. The number of hydrogen-bond acceptors (Lipinski definition) is 3. The fourth-order valence-electron chi connectivity index (χ4n) is 4.94. The van der Waals surface area contributed by atoms with E-state index in [1.54, 1.807) is 6.07 Å². The molecule has 1 aromatic carbocycles. The number of hydrogen-bond donors (Lipinski definition) is 0. The summed E-state index contributed by atoms with van der Waals surface area (Å²) in [6, 6.07) is 4.87. The summed E-state index contributed by atoms with van der Waals surface area (Å²) in [5.41, 5.74) is -2.11. The van der Waals surface area contributed by atoms with Crippen LogP contribution in [0.15, 0.2) is 30.5 Å². The number of ether oxygens (including phenoxy) is 1. The van der Waals surface area contributed by atoms with E-state index in [1.165, 1.54) is 11.0 Å². The number of carbonyl (C=O) groups is 1. The van der Waals surface area contributed by atoms with Gasteiger partial charge in [0.2, 0.25) is 5.91 Å². The summed E-state index contributed by atoms with van der Waals surface area (Å²) >= 11 is 0. The molecule has 4 nitrogen and oxygen atoms in total. The lowest BCUT2D eigenvalue weighted by atomic mass is 9.68. The number of amides is 1. The van der Waals surface area contributed by atoms with Gasteiger partial charge in [-0.2, -0.15) is 18.4 Å². The van der Waals surface area contributed by atoms with Crippen LogP contribution < -0.4 is 4.90 Å². The molecule has 3 saturated heterocycles. The highest BCUT2D eigenvalue weighted by Gasteiger charge is 2.70. The van der Waals surface area contributed by atoms with Crippen molar-refractivity contribution in [2.24, 2.45) is 11.8 Å². The van der Waals surface area contributed by atoms with E-state index in [0.717, 1.165) is 25.0 Å². The Bertz CT molecular complexity index is 854. The van der Waals surface area contributed by atoms with E-state index in [9.17, 15) is 18.0 Å². The quantitative estimate of drug-likeness (QED) is 0.758. The van der Waals surface area contributed by atoms with E-state index in [0.29, 0.717) is 5.70 Å². The van der Waals surface area contributed by atoms with E-state index in [2.05, 4.69) is 6.58 Å². The Morgan fingerprint density at radius 2 is 1.88 bits per heavy atom. The fraction of sp³-hybridized carbons (Fsp3) is 0.474. The van der Waals surface area contributed by atoms with Crippen LogP contribution in [0, 0.1) is 23.2 Å². The predicted octanol–water partition coefficient (Wildman–Crippen LogP) is 4.01. The molecular weight excluding hydrogens is 345 g/mol. The Morgan fingerprint density at radius 1 is 1.27 bits per heavy atom. The van der Waals surface area contributed by atoms with Gasteiger partial charge < -0.3 is 4.74 Å². The van der Waals surface area contributed by atoms with Crippen LogP contribution in [0.4, 0.5) is 18.9 Å². The average Bonchev–Trinajstić information content (AvgIpc) is 3.10. The highest BCUT2D eigenvalue weighted by molar-refractivity contribution is 6.03. The summed E-state index contributed by atoms with van der Waals surface area (Å²) in [7, 11) is 0. The van der Waals surface area contributed by atoms with Crippen molar-refractivity contribution < 1.29 is 22.7 Å². The second-order valence-corrected chi connectivity index (χ2v) is 7.69. The summed E-state index contributed by atoms with van der Waals surface area (Å²) in [5.74, 6) is -0.985. The second kappa shape index (κ2) is 4.89. The first-order valence-corrected chi connectivity index (χ1v) is 8.36. The zero-order valence-electron chi connectivity index (χ0n) is 14.4. The molecule has 1 amide bonds. The van der Waals surface area contributed by atoms with Crippen molar-refractivity contribution in [3.05, 3.63) is 41.6 Å². The molecule has 0 spiro atoms. The summed E-state index contributed by atoms with van der Waals surface area (Å²) in [5, 5.41) is 8.95. The third-order valence-corrected chi connectivity index (χ3v) is 6.05. The number of rotatable bonds is 1. The number of nitriles is 1. The number of anilines is 1. The van der Waals surface area contributed by atoms with Crippen molar-refractivity contribution in [1.29, 1.82) is 5.26 Å². The van der Waals surface area contributed by atoms with Gasteiger partial charge in [0.05, 0.1) is 34.3 Å². The molecule has 3 heterocycles. The van der Waals surface area contributed by atoms with Crippen LogP contribution in [-0.4, -0.2) is 17.1 Å². The maximum absolute atomic E-state index is 13.3. The van der Waals surface area contributed by atoms with Gasteiger partial charge in [0, 0.05) is 17.3 Å². The lowest BCUT2D eigenvalue weighted by molar-refractivity contribution is -0.137. The number of fused-ring (bicyclic) bond motifs is 5. The number of carbonyl (C=O) groups excluding carboxylic acids is 1. The molecule has 4 atom stereocenters. The third kappa shape index (κ3) is 2.02. The molecule has 0 N–H and O–H groups in total. The first-order valence-electron chi connectivity index (χ1n) is 8.36. The molecule has 7 heteroatoms. The van der Waals surface area contributed by atoms with Crippen molar-refractivity contribution in [3.8, 4) is 6.07 Å². The van der Waals surface area contributed by atoms with Gasteiger partial charge in [-0.3, -0.25) is 9.69 Å². The predicted molar refractivity (Wildman–Crippen MR) is 86.9 cm³/mol. The molecule has 0 aliphatic carbocycles. The average molecular weight is 362 g/mol. The zero-order chi connectivity index (χ0) is 19.1. The maximum atomic E-state index is 13.3. The molecule has 3 aliphatic rings. The smallest absolute Gasteiger partial charge is 0.368 e. The minimum atomic E-state index is -4.68. The van der Waals surface area contributed by atoms with Crippen LogP contribution in [0.1, 0.15) is 37.8 Å². The summed E-state index contributed by atoms with van der Waals surface area (Å²) in [6.07, 6.45) is -3.16. The Hall–Kier alpha value is -2.33. The summed E-state index contributed by atoms with van der Waals surface area (Å²) in [6.45, 7) is 7.84. The largest absolute Gasteiger partial charge is 0.417 e. The number of halogens is 3. The topological polar surface area (TPSA) is 53.3 Å². The number of benzene rings is 1. The number of alkyl halides is 3. The van der Waals surface area contributed by atoms with Gasteiger partial charge in [-0.15, -0.1) is 0 Å². The van der Waals surface area contributed by atoms with Gasteiger partial charge in [0.15, 0.2) is 0 Å². The van der Waals surface area contributed by atoms with Crippen LogP contribution in [0.2, 0.25) is 0 Å². The summed E-state index contributed by atoms with van der Waals surface area (Å²) < 4.78 is 46.0. The lowest BCUT2D eigenvalue weighted by Crippen LogP contribution is -2.39. The first-order chi connectivity index (χ1) is 12.0. The molecule has 4 unspecified atom stereocenters. The van der Waals surface area contributed by atoms with Gasteiger partial charge in [0.1, 0.15) is 0 Å². The fourth-order valence-corrected chi connectivity index (χ4v) is 4.94. The maximum Gasteiger partial charge on any atom is 0.417 e. The van der Waals surface area contributed by atoms with Gasteiger partial charge in [-0.05, 0) is 44.9 Å². The second-order valence-electron chi connectivity index (χ2n) is 7.69. The monoisotopic (exact) mass is 362 g/mol. The van der Waals surface area contributed by atoms with Crippen LogP contribution in [0.3, 0.4) is 0 Å². The molecule has 4 rings (SSSR count). The molecule has 136 valence electrons. The molecule has 3 fully saturated rings. The normalized spacial score (nSPS) is 35.8. The van der Waals surface area contributed by atoms with Crippen LogP contribution in [-0.2, 0) is 15.7 Å². The van der Waals surface area contributed by atoms with E-state index in [-0.39, 0.29) is 17.5 Å². The Balaban J connectivity index is 1.80. The molecule has 3 aliphatic heterocycles. The third-order valence-electron chi connectivity index (χ3n) is 6.05. The highest BCUT2D eigenvalue weighted by atomic mass is 19.4. The standard InChI is InChI=1S/C19H17F3N2O2/c1-10-14-15(18(3)7-6-17(14,2)26-18)16(25)24(10)12-5-4-11(9-23)13(8-12)19(20,21)22/h4-5,8,14-15H,1,6-7H2,2-3H3. The van der Waals surface area contributed by atoms with Crippen molar-refractivity contribution >= 4 is 11.6 Å². The zero-order valence-corrected chi connectivity index (χ0v) is 14.4. The molecule has 0 saturated carbocycles. The highest BCUT2D eigenvalue weighted by Crippen LogP contribution is 2.63. The van der Waals surface area contributed by atoms with Crippen LogP contribution >= 0.6 is 0 Å². The lowest BCUT2D eigenvalue weighted by Gasteiger charge is -2.29. The molecular formula is C19H17F3N2O2. The minimum absolute atomic E-state index is 0.0901. The van der Waals surface area contributed by atoms with E-state index in [4.69, 9.17) is 10.00 Å². The minimum Gasteiger partial charge on any atom is -0.368 e. The van der Waals surface area contributed by atoms with Crippen molar-refractivity contribution in [2.75, 3.05) is 4.90 Å². The molecule has 0 radical (unpaired) electrons. The van der Waals surface area contributed by atoms with Gasteiger partial charge in [0.25, 0.3) is 0 Å². The van der Waals surface area contributed by atoms with Crippen LogP contribution in [0.5, 0.6) is 0 Å². The molecule has 26 heavy (non-hydrogen) atoms. The molecule has 2 bridgehead atoms. The van der Waals surface area contributed by atoms with Gasteiger partial charge >= 0.3 is 6.18 Å². The van der Waals surface area contributed by atoms with Gasteiger partial charge in [-0.25, -0.2) is 0 Å². The molecule has 0 aromatic heterocycles. The Morgan fingerprint density at radius 3 is 2.42 bits per heavy atom. The van der Waals surface area contributed by atoms with Crippen LogP contribution in [0.25, 0.3) is 0 Å².